The molecule has 0 radical (unpaired) electrons. The molecule has 4 nitrogen and oxygen atoms in total. The lowest BCUT2D eigenvalue weighted by Crippen LogP contribution is -2.16. The summed E-state index contributed by atoms with van der Waals surface area (Å²) in [5.74, 6) is 1.57. The second-order valence-electron chi connectivity index (χ2n) is 5.88. The molecular formula is C14H25N3O. The van der Waals surface area contributed by atoms with Gasteiger partial charge in [0.2, 0.25) is 0 Å². The lowest BCUT2D eigenvalue weighted by molar-refractivity contribution is 0.272. The first-order chi connectivity index (χ1) is 8.70. The smallest absolute Gasteiger partial charge is 0.111 e. The molecule has 1 saturated carbocycles. The first-order valence-corrected chi connectivity index (χ1v) is 7.22. The van der Waals surface area contributed by atoms with Crippen LogP contribution in [0.2, 0.25) is 0 Å². The Kier molecular flexibility index (Phi) is 4.75. The summed E-state index contributed by atoms with van der Waals surface area (Å²) in [4.78, 5) is 0. The van der Waals surface area contributed by atoms with Crippen LogP contribution >= 0.6 is 0 Å². The average molecular weight is 251 g/mol. The highest BCUT2D eigenvalue weighted by Gasteiger charge is 2.19. The van der Waals surface area contributed by atoms with Crippen molar-refractivity contribution in [2.45, 2.75) is 65.5 Å². The van der Waals surface area contributed by atoms with Crippen LogP contribution in [0, 0.1) is 11.8 Å². The van der Waals surface area contributed by atoms with E-state index in [1.54, 1.807) is 0 Å². The normalized spacial score (nSPS) is 16.2. The Bertz CT molecular complexity index is 369. The molecule has 1 aliphatic rings. The first-order valence-electron chi connectivity index (χ1n) is 7.22. The van der Waals surface area contributed by atoms with E-state index in [9.17, 15) is 5.11 Å². The van der Waals surface area contributed by atoms with E-state index in [-0.39, 0.29) is 6.61 Å². The predicted molar refractivity (Wildman–Crippen MR) is 71.1 cm³/mol. The summed E-state index contributed by atoms with van der Waals surface area (Å²) < 4.78 is 2.02. The summed E-state index contributed by atoms with van der Waals surface area (Å²) in [6, 6.07) is 0. The Labute approximate surface area is 109 Å². The minimum absolute atomic E-state index is 0.0108. The molecule has 0 unspecified atom stereocenters. The highest BCUT2D eigenvalue weighted by atomic mass is 16.3. The molecule has 2 rings (SSSR count). The van der Waals surface area contributed by atoms with E-state index in [1.807, 2.05) is 4.68 Å². The SMILES string of the molecule is CC(C)CCc1c(CO)nnn1CCC1CCC1. The molecule has 0 aliphatic heterocycles. The van der Waals surface area contributed by atoms with E-state index in [0.717, 1.165) is 36.7 Å². The Morgan fingerprint density at radius 3 is 2.72 bits per heavy atom. The summed E-state index contributed by atoms with van der Waals surface area (Å²) >= 11 is 0. The van der Waals surface area contributed by atoms with E-state index >= 15 is 0 Å². The van der Waals surface area contributed by atoms with Crippen molar-refractivity contribution in [2.24, 2.45) is 11.8 Å². The predicted octanol–water partition coefficient (Wildman–Crippen LogP) is 2.55. The van der Waals surface area contributed by atoms with Crippen LogP contribution in [0.25, 0.3) is 0 Å². The number of aliphatic hydroxyl groups is 1. The monoisotopic (exact) mass is 251 g/mol. The van der Waals surface area contributed by atoms with E-state index in [2.05, 4.69) is 24.2 Å². The molecular weight excluding hydrogens is 226 g/mol. The van der Waals surface area contributed by atoms with E-state index < -0.39 is 0 Å². The number of aromatic nitrogens is 3. The zero-order chi connectivity index (χ0) is 13.0. The maximum absolute atomic E-state index is 9.32. The van der Waals surface area contributed by atoms with Gasteiger partial charge in [-0.05, 0) is 31.1 Å². The fraction of sp³-hybridized carbons (Fsp3) is 0.857. The zero-order valence-electron chi connectivity index (χ0n) is 11.6. The molecule has 4 heteroatoms. The molecule has 0 saturated heterocycles. The lowest BCUT2D eigenvalue weighted by Gasteiger charge is -2.25. The minimum Gasteiger partial charge on any atom is -0.390 e. The van der Waals surface area contributed by atoms with Crippen molar-refractivity contribution in [3.05, 3.63) is 11.4 Å². The molecule has 1 N–H and O–H groups in total. The maximum Gasteiger partial charge on any atom is 0.111 e. The first kappa shape index (κ1) is 13.5. The quantitative estimate of drug-likeness (QED) is 0.810. The molecule has 0 bridgehead atoms. The molecule has 0 aromatic carbocycles. The van der Waals surface area contributed by atoms with Crippen molar-refractivity contribution in [1.29, 1.82) is 0 Å². The van der Waals surface area contributed by atoms with Crippen LogP contribution in [0.3, 0.4) is 0 Å². The summed E-state index contributed by atoms with van der Waals surface area (Å²) in [7, 11) is 0. The zero-order valence-corrected chi connectivity index (χ0v) is 11.6. The third-order valence-corrected chi connectivity index (χ3v) is 4.00. The molecule has 1 aromatic heterocycles. The van der Waals surface area contributed by atoms with E-state index in [4.69, 9.17) is 0 Å². The molecule has 1 heterocycles. The molecule has 1 aromatic rings. The van der Waals surface area contributed by atoms with Gasteiger partial charge >= 0.3 is 0 Å². The Morgan fingerprint density at radius 1 is 1.39 bits per heavy atom. The Balaban J connectivity index is 1.96. The second-order valence-corrected chi connectivity index (χ2v) is 5.88. The number of hydrogen-bond donors (Lipinski definition) is 1. The standard InChI is InChI=1S/C14H25N3O/c1-11(2)6-7-14-13(10-18)15-16-17(14)9-8-12-4-3-5-12/h11-12,18H,3-10H2,1-2H3. The fourth-order valence-corrected chi connectivity index (χ4v) is 2.46. The van der Waals surface area contributed by atoms with E-state index in [1.165, 1.54) is 25.7 Å². The fourth-order valence-electron chi connectivity index (χ4n) is 2.46. The Morgan fingerprint density at radius 2 is 2.17 bits per heavy atom. The highest BCUT2D eigenvalue weighted by Crippen LogP contribution is 2.29. The number of nitrogens with zero attached hydrogens (tertiary/aromatic N) is 3. The summed E-state index contributed by atoms with van der Waals surface area (Å²) in [5.41, 5.74) is 1.91. The lowest BCUT2D eigenvalue weighted by atomic mass is 9.83. The van der Waals surface area contributed by atoms with Gasteiger partial charge in [0.05, 0.1) is 12.3 Å². The van der Waals surface area contributed by atoms with Gasteiger partial charge in [-0.2, -0.15) is 0 Å². The van der Waals surface area contributed by atoms with Crippen LogP contribution < -0.4 is 0 Å². The summed E-state index contributed by atoms with van der Waals surface area (Å²) in [6.07, 6.45) is 7.47. The van der Waals surface area contributed by atoms with Gasteiger partial charge in [0.1, 0.15) is 5.69 Å². The number of rotatable bonds is 7. The van der Waals surface area contributed by atoms with Gasteiger partial charge in [-0.3, -0.25) is 0 Å². The van der Waals surface area contributed by atoms with Crippen molar-refractivity contribution in [3.8, 4) is 0 Å². The van der Waals surface area contributed by atoms with Gasteiger partial charge in [-0.1, -0.05) is 38.3 Å². The van der Waals surface area contributed by atoms with Crippen LogP contribution in [0.15, 0.2) is 0 Å². The van der Waals surface area contributed by atoms with Crippen molar-refractivity contribution >= 4 is 0 Å². The van der Waals surface area contributed by atoms with Crippen molar-refractivity contribution in [3.63, 3.8) is 0 Å². The largest absolute Gasteiger partial charge is 0.390 e. The molecule has 0 amide bonds. The van der Waals surface area contributed by atoms with Gasteiger partial charge in [0.15, 0.2) is 0 Å². The van der Waals surface area contributed by atoms with Crippen molar-refractivity contribution < 1.29 is 5.11 Å². The van der Waals surface area contributed by atoms with Gasteiger partial charge in [0.25, 0.3) is 0 Å². The van der Waals surface area contributed by atoms with Crippen LogP contribution in [0.4, 0.5) is 0 Å². The van der Waals surface area contributed by atoms with Crippen molar-refractivity contribution in [1.82, 2.24) is 15.0 Å². The second kappa shape index (κ2) is 6.32. The van der Waals surface area contributed by atoms with E-state index in [0.29, 0.717) is 5.92 Å². The minimum atomic E-state index is 0.0108. The number of hydrogen-bond acceptors (Lipinski definition) is 3. The Hall–Kier alpha value is -0.900. The van der Waals surface area contributed by atoms with Gasteiger partial charge < -0.3 is 5.11 Å². The molecule has 102 valence electrons. The molecule has 18 heavy (non-hydrogen) atoms. The van der Waals surface area contributed by atoms with Crippen LogP contribution in [0.5, 0.6) is 0 Å². The molecule has 1 aliphatic carbocycles. The highest BCUT2D eigenvalue weighted by molar-refractivity contribution is 5.09. The van der Waals surface area contributed by atoms with Crippen LogP contribution in [-0.2, 0) is 19.6 Å². The number of aryl methyl sites for hydroxylation is 1. The average Bonchev–Trinajstić information content (AvgIpc) is 2.66. The van der Waals surface area contributed by atoms with Crippen LogP contribution in [0.1, 0.15) is 57.3 Å². The third kappa shape index (κ3) is 3.31. The van der Waals surface area contributed by atoms with Gasteiger partial charge in [-0.15, -0.1) is 5.10 Å². The third-order valence-electron chi connectivity index (χ3n) is 4.00. The molecule has 0 spiro atoms. The topological polar surface area (TPSA) is 50.9 Å². The summed E-state index contributed by atoms with van der Waals surface area (Å²) in [5, 5.41) is 17.6. The van der Waals surface area contributed by atoms with Gasteiger partial charge in [-0.25, -0.2) is 4.68 Å². The van der Waals surface area contributed by atoms with Crippen LogP contribution in [-0.4, -0.2) is 20.1 Å². The molecule has 1 fully saturated rings. The summed E-state index contributed by atoms with van der Waals surface area (Å²) in [6.45, 7) is 5.42. The number of aliphatic hydroxyl groups excluding tert-OH is 1. The van der Waals surface area contributed by atoms with Crippen molar-refractivity contribution in [2.75, 3.05) is 0 Å². The maximum atomic E-state index is 9.32. The van der Waals surface area contributed by atoms with Gasteiger partial charge in [0, 0.05) is 6.54 Å². The molecule has 0 atom stereocenters.